The first-order valence-corrected chi connectivity index (χ1v) is 8.13. The molecule has 134 valence electrons. The summed E-state index contributed by atoms with van der Waals surface area (Å²) in [4.78, 5) is 7.38. The molecule has 0 aliphatic heterocycles. The third kappa shape index (κ3) is 4.38. The first-order valence-electron chi connectivity index (χ1n) is 7.75. The molecule has 2 heterocycles. The molecule has 0 unspecified atom stereocenters. The number of alkyl halides is 3. The Bertz CT molecular complexity index is 908. The van der Waals surface area contributed by atoms with Crippen LogP contribution >= 0.6 is 11.6 Å². The van der Waals surface area contributed by atoms with Gasteiger partial charge in [-0.3, -0.25) is 4.98 Å². The zero-order valence-corrected chi connectivity index (χ0v) is 14.2. The summed E-state index contributed by atoms with van der Waals surface area (Å²) in [7, 11) is 0. The molecule has 7 heteroatoms. The molecular formula is C19H13ClF4N2. The van der Waals surface area contributed by atoms with Gasteiger partial charge in [0.25, 0.3) is 0 Å². The van der Waals surface area contributed by atoms with Crippen molar-refractivity contribution in [2.45, 2.75) is 19.0 Å². The number of hydrogen-bond donors (Lipinski definition) is 0. The van der Waals surface area contributed by atoms with E-state index >= 15 is 0 Å². The average Bonchev–Trinajstić information content (AvgIpc) is 2.60. The lowest BCUT2D eigenvalue weighted by molar-refractivity contribution is -0.141. The average molecular weight is 381 g/mol. The predicted octanol–water partition coefficient (Wildman–Crippen LogP) is 5.74. The van der Waals surface area contributed by atoms with Crippen LogP contribution in [0.4, 0.5) is 17.6 Å². The van der Waals surface area contributed by atoms with Gasteiger partial charge in [-0.25, -0.2) is 9.37 Å². The van der Waals surface area contributed by atoms with Crippen LogP contribution in [0.3, 0.4) is 0 Å². The highest BCUT2D eigenvalue weighted by Crippen LogP contribution is 2.33. The maximum Gasteiger partial charge on any atom is 0.433 e. The van der Waals surface area contributed by atoms with Gasteiger partial charge in [0.15, 0.2) is 0 Å². The molecule has 26 heavy (non-hydrogen) atoms. The molecule has 2 aromatic heterocycles. The highest BCUT2D eigenvalue weighted by atomic mass is 35.5. The minimum atomic E-state index is -4.61. The number of benzene rings is 1. The molecule has 0 saturated heterocycles. The molecule has 0 aliphatic carbocycles. The van der Waals surface area contributed by atoms with Crippen molar-refractivity contribution in [3.63, 3.8) is 0 Å². The minimum absolute atomic E-state index is 0.0274. The van der Waals surface area contributed by atoms with Crippen LogP contribution in [0.1, 0.15) is 16.8 Å². The third-order valence-corrected chi connectivity index (χ3v) is 4.10. The van der Waals surface area contributed by atoms with Crippen LogP contribution in [0.5, 0.6) is 0 Å². The molecular weight excluding hydrogens is 368 g/mol. The van der Waals surface area contributed by atoms with E-state index in [4.69, 9.17) is 11.6 Å². The van der Waals surface area contributed by atoms with Crippen LogP contribution in [0.25, 0.3) is 11.3 Å². The fourth-order valence-corrected chi connectivity index (χ4v) is 2.70. The summed E-state index contributed by atoms with van der Waals surface area (Å²) in [5, 5.41) is 0.569. The van der Waals surface area contributed by atoms with E-state index in [2.05, 4.69) is 9.97 Å². The Morgan fingerprint density at radius 3 is 2.31 bits per heavy atom. The molecule has 3 aromatic rings. The highest BCUT2D eigenvalue weighted by Gasteiger charge is 2.35. The normalized spacial score (nSPS) is 11.6. The molecule has 0 amide bonds. The summed E-state index contributed by atoms with van der Waals surface area (Å²) in [6.45, 7) is 0. The van der Waals surface area contributed by atoms with Crippen molar-refractivity contribution in [1.29, 1.82) is 0 Å². The van der Waals surface area contributed by atoms with Gasteiger partial charge in [-0.15, -0.1) is 0 Å². The summed E-state index contributed by atoms with van der Waals surface area (Å²) in [6.07, 6.45) is -1.76. The second-order valence-corrected chi connectivity index (χ2v) is 6.16. The molecule has 2 nitrogen and oxygen atoms in total. The zero-order valence-electron chi connectivity index (χ0n) is 13.4. The van der Waals surface area contributed by atoms with E-state index in [1.54, 1.807) is 24.3 Å². The Kier molecular flexibility index (Phi) is 5.23. The van der Waals surface area contributed by atoms with Gasteiger partial charge in [0.1, 0.15) is 11.5 Å². The first kappa shape index (κ1) is 18.3. The van der Waals surface area contributed by atoms with Gasteiger partial charge >= 0.3 is 6.18 Å². The maximum absolute atomic E-state index is 13.4. The molecule has 1 aromatic carbocycles. The number of pyridine rings is 2. The molecule has 0 spiro atoms. The van der Waals surface area contributed by atoms with Crippen LogP contribution < -0.4 is 0 Å². The highest BCUT2D eigenvalue weighted by molar-refractivity contribution is 6.30. The van der Waals surface area contributed by atoms with Gasteiger partial charge in [-0.1, -0.05) is 29.8 Å². The fraction of sp³-hybridized carbons (Fsp3) is 0.158. The van der Waals surface area contributed by atoms with E-state index < -0.39 is 17.7 Å². The Morgan fingerprint density at radius 1 is 0.923 bits per heavy atom. The number of hydrogen-bond acceptors (Lipinski definition) is 2. The number of rotatable bonds is 4. The van der Waals surface area contributed by atoms with E-state index in [-0.39, 0.29) is 23.2 Å². The standard InChI is InChI=1S/C19H13ClF4N2/c20-15-6-2-12(3-7-15)1-4-13-5-8-17(26-18(13)19(22,23)24)14-9-16(21)11-25-10-14/h2-3,5-11H,1,4H2. The lowest BCUT2D eigenvalue weighted by Crippen LogP contribution is -2.13. The molecule has 0 radical (unpaired) electrons. The van der Waals surface area contributed by atoms with Crippen molar-refractivity contribution in [2.75, 3.05) is 0 Å². The molecule has 0 bridgehead atoms. The topological polar surface area (TPSA) is 25.8 Å². The third-order valence-electron chi connectivity index (χ3n) is 3.84. The van der Waals surface area contributed by atoms with E-state index in [9.17, 15) is 17.6 Å². The van der Waals surface area contributed by atoms with Gasteiger partial charge < -0.3 is 0 Å². The van der Waals surface area contributed by atoms with Crippen LogP contribution in [0.2, 0.25) is 5.02 Å². The van der Waals surface area contributed by atoms with E-state index in [1.807, 2.05) is 0 Å². The van der Waals surface area contributed by atoms with Crippen LogP contribution in [-0.2, 0) is 19.0 Å². The van der Waals surface area contributed by atoms with Crippen LogP contribution in [0, 0.1) is 5.82 Å². The summed E-state index contributed by atoms with van der Waals surface area (Å²) in [5.41, 5.74) is 0.217. The van der Waals surface area contributed by atoms with Crippen molar-refractivity contribution < 1.29 is 17.6 Å². The van der Waals surface area contributed by atoms with Crippen LogP contribution in [0.15, 0.2) is 54.9 Å². The maximum atomic E-state index is 13.4. The van der Waals surface area contributed by atoms with E-state index in [0.29, 0.717) is 11.4 Å². The molecule has 0 fully saturated rings. The van der Waals surface area contributed by atoms with Crippen molar-refractivity contribution in [3.05, 3.63) is 82.5 Å². The summed E-state index contributed by atoms with van der Waals surface area (Å²) in [5.74, 6) is -0.635. The molecule has 0 saturated carbocycles. The minimum Gasteiger partial charge on any atom is -0.261 e. The molecule has 0 aliphatic rings. The molecule has 0 atom stereocenters. The van der Waals surface area contributed by atoms with Gasteiger partial charge in [0, 0.05) is 16.8 Å². The number of aromatic nitrogens is 2. The van der Waals surface area contributed by atoms with Gasteiger partial charge in [0.05, 0.1) is 11.9 Å². The SMILES string of the molecule is Fc1cncc(-c2ccc(CCc3ccc(Cl)cc3)c(C(F)(F)F)n2)c1. The summed E-state index contributed by atoms with van der Waals surface area (Å²) >= 11 is 5.81. The molecule has 0 N–H and O–H groups in total. The molecule has 3 rings (SSSR count). The number of aryl methyl sites for hydroxylation is 2. The largest absolute Gasteiger partial charge is 0.433 e. The van der Waals surface area contributed by atoms with Gasteiger partial charge in [-0.05, 0) is 48.2 Å². The Balaban J connectivity index is 1.91. The Morgan fingerprint density at radius 2 is 1.65 bits per heavy atom. The van der Waals surface area contributed by atoms with Crippen molar-refractivity contribution in [2.24, 2.45) is 0 Å². The number of nitrogens with zero attached hydrogens (tertiary/aromatic N) is 2. The fourth-order valence-electron chi connectivity index (χ4n) is 2.58. The van der Waals surface area contributed by atoms with Crippen molar-refractivity contribution in [3.8, 4) is 11.3 Å². The van der Waals surface area contributed by atoms with Crippen LogP contribution in [-0.4, -0.2) is 9.97 Å². The van der Waals surface area contributed by atoms with Gasteiger partial charge in [0.2, 0.25) is 0 Å². The second-order valence-electron chi connectivity index (χ2n) is 5.72. The monoisotopic (exact) mass is 380 g/mol. The zero-order chi connectivity index (χ0) is 18.7. The van der Waals surface area contributed by atoms with Crippen molar-refractivity contribution >= 4 is 11.6 Å². The lowest BCUT2D eigenvalue weighted by Gasteiger charge is -2.14. The Labute approximate surface area is 152 Å². The van der Waals surface area contributed by atoms with Crippen molar-refractivity contribution in [1.82, 2.24) is 9.97 Å². The second kappa shape index (κ2) is 7.41. The van der Waals surface area contributed by atoms with E-state index in [0.717, 1.165) is 17.8 Å². The quantitative estimate of drug-likeness (QED) is 0.539. The summed E-state index contributed by atoms with van der Waals surface area (Å²) in [6, 6.07) is 10.9. The summed E-state index contributed by atoms with van der Waals surface area (Å²) < 4.78 is 53.6. The lowest BCUT2D eigenvalue weighted by atomic mass is 10.0. The number of halogens is 5. The smallest absolute Gasteiger partial charge is 0.261 e. The predicted molar refractivity (Wildman–Crippen MR) is 91.3 cm³/mol. The Hall–Kier alpha value is -2.47. The van der Waals surface area contributed by atoms with Gasteiger partial charge in [-0.2, -0.15) is 13.2 Å². The first-order chi connectivity index (χ1) is 12.3. The van der Waals surface area contributed by atoms with E-state index in [1.165, 1.54) is 18.3 Å².